The number of carbonyl (C=O) groups is 1. The first-order valence-corrected chi connectivity index (χ1v) is 9.15. The van der Waals surface area contributed by atoms with Gasteiger partial charge in [0.05, 0.1) is 6.04 Å². The number of rotatable bonds is 5. The molecule has 2 aromatic carbocycles. The molecule has 0 aliphatic carbocycles. The maximum Gasteiger partial charge on any atom is 0.410 e. The van der Waals surface area contributed by atoms with Crippen LogP contribution in [0.1, 0.15) is 23.2 Å². The van der Waals surface area contributed by atoms with Crippen LogP contribution < -0.4 is 5.73 Å². The molecule has 3 rings (SSSR count). The molecule has 5 heteroatoms. The van der Waals surface area contributed by atoms with Gasteiger partial charge < -0.3 is 15.4 Å². The van der Waals surface area contributed by atoms with Crippen LogP contribution in [-0.4, -0.2) is 48.7 Å². The molecule has 1 saturated heterocycles. The molecule has 1 amide bonds. The third-order valence-electron chi connectivity index (χ3n) is 4.91. The van der Waals surface area contributed by atoms with Gasteiger partial charge in [-0.3, -0.25) is 4.90 Å². The summed E-state index contributed by atoms with van der Waals surface area (Å²) in [6.07, 6.45) is 4.80. The zero-order valence-electron chi connectivity index (χ0n) is 15.3. The number of benzene rings is 2. The molecule has 1 heterocycles. The first kappa shape index (κ1) is 19.0. The first-order chi connectivity index (χ1) is 13.2. The summed E-state index contributed by atoms with van der Waals surface area (Å²) in [5.41, 5.74) is 8.97. The first-order valence-electron chi connectivity index (χ1n) is 9.15. The Morgan fingerprint density at radius 1 is 1.00 bits per heavy atom. The average molecular weight is 363 g/mol. The van der Waals surface area contributed by atoms with Crippen LogP contribution >= 0.6 is 0 Å². The van der Waals surface area contributed by atoms with Gasteiger partial charge in [0.25, 0.3) is 0 Å². The van der Waals surface area contributed by atoms with Crippen LogP contribution in [-0.2, 0) is 4.74 Å². The van der Waals surface area contributed by atoms with Crippen LogP contribution in [0.4, 0.5) is 4.79 Å². The fourth-order valence-electron chi connectivity index (χ4n) is 3.53. The highest BCUT2D eigenvalue weighted by molar-refractivity contribution is 5.67. The van der Waals surface area contributed by atoms with Gasteiger partial charge in [0.15, 0.2) is 6.61 Å². The lowest BCUT2D eigenvalue weighted by atomic mass is 9.92. The van der Waals surface area contributed by atoms with Crippen molar-refractivity contribution in [3.8, 4) is 12.3 Å². The highest BCUT2D eigenvalue weighted by Gasteiger charge is 2.31. The van der Waals surface area contributed by atoms with Gasteiger partial charge in [-0.2, -0.15) is 0 Å². The Labute approximate surface area is 160 Å². The second-order valence-corrected chi connectivity index (χ2v) is 6.57. The van der Waals surface area contributed by atoms with Crippen LogP contribution in [0, 0.1) is 12.3 Å². The van der Waals surface area contributed by atoms with Crippen LogP contribution in [0.15, 0.2) is 60.7 Å². The topological polar surface area (TPSA) is 58.8 Å². The maximum atomic E-state index is 12.0. The zero-order valence-corrected chi connectivity index (χ0v) is 15.3. The molecule has 1 aliphatic heterocycles. The predicted molar refractivity (Wildman–Crippen MR) is 106 cm³/mol. The van der Waals surface area contributed by atoms with E-state index in [1.807, 2.05) is 36.4 Å². The third-order valence-corrected chi connectivity index (χ3v) is 4.91. The standard InChI is InChI=1S/C22H25N3O2/c1-2-17-27-22(26)25-15-13-24(14-16-25)21(19-11-7-4-8-12-19)20(23)18-9-5-3-6-10-18/h1,3-12,20-21H,13-17,23H2. The fraction of sp³-hybridized carbons (Fsp3) is 0.318. The molecule has 27 heavy (non-hydrogen) atoms. The molecule has 140 valence electrons. The Morgan fingerprint density at radius 2 is 1.56 bits per heavy atom. The fourth-order valence-corrected chi connectivity index (χ4v) is 3.53. The number of ether oxygens (including phenoxy) is 1. The van der Waals surface area contributed by atoms with E-state index in [4.69, 9.17) is 16.9 Å². The molecule has 1 aliphatic rings. The summed E-state index contributed by atoms with van der Waals surface area (Å²) in [7, 11) is 0. The van der Waals surface area contributed by atoms with Gasteiger partial charge in [0.1, 0.15) is 0 Å². The third kappa shape index (κ3) is 4.68. The molecule has 2 aromatic rings. The van der Waals surface area contributed by atoms with Crippen LogP contribution in [0.5, 0.6) is 0 Å². The van der Waals surface area contributed by atoms with E-state index < -0.39 is 0 Å². The Hall–Kier alpha value is -2.81. The number of hydrogen-bond acceptors (Lipinski definition) is 4. The number of hydrogen-bond donors (Lipinski definition) is 1. The zero-order chi connectivity index (χ0) is 19.1. The van der Waals surface area contributed by atoms with Gasteiger partial charge in [-0.25, -0.2) is 4.79 Å². The van der Waals surface area contributed by atoms with Crippen molar-refractivity contribution in [3.05, 3.63) is 71.8 Å². The smallest absolute Gasteiger partial charge is 0.410 e. The van der Waals surface area contributed by atoms with Crippen molar-refractivity contribution >= 4 is 6.09 Å². The molecule has 0 radical (unpaired) electrons. The molecule has 0 saturated carbocycles. The van der Waals surface area contributed by atoms with Crippen LogP contribution in [0.3, 0.4) is 0 Å². The summed E-state index contributed by atoms with van der Waals surface area (Å²) in [4.78, 5) is 16.1. The number of piperazine rings is 1. The number of terminal acetylenes is 1. The van der Waals surface area contributed by atoms with Crippen molar-refractivity contribution in [2.45, 2.75) is 12.1 Å². The lowest BCUT2D eigenvalue weighted by Gasteiger charge is -2.41. The van der Waals surface area contributed by atoms with E-state index >= 15 is 0 Å². The number of nitrogens with two attached hydrogens (primary N) is 1. The predicted octanol–water partition coefficient (Wildman–Crippen LogP) is 2.82. The molecule has 2 N–H and O–H groups in total. The van der Waals surface area contributed by atoms with E-state index in [0.29, 0.717) is 13.1 Å². The second kappa shape index (κ2) is 9.22. The van der Waals surface area contributed by atoms with Crippen LogP contribution in [0.2, 0.25) is 0 Å². The second-order valence-electron chi connectivity index (χ2n) is 6.57. The van der Waals surface area contributed by atoms with E-state index in [0.717, 1.165) is 18.7 Å². The van der Waals surface area contributed by atoms with E-state index in [9.17, 15) is 4.79 Å². The normalized spacial score (nSPS) is 17.0. The van der Waals surface area contributed by atoms with Crippen molar-refractivity contribution in [2.75, 3.05) is 32.8 Å². The molecule has 2 atom stereocenters. The molecule has 1 fully saturated rings. The number of carbonyl (C=O) groups excluding carboxylic acids is 1. The molecule has 0 spiro atoms. The average Bonchev–Trinajstić information content (AvgIpc) is 2.74. The molecular formula is C22H25N3O2. The van der Waals surface area contributed by atoms with E-state index in [2.05, 4.69) is 35.1 Å². The van der Waals surface area contributed by atoms with Crippen molar-refractivity contribution in [1.29, 1.82) is 0 Å². The van der Waals surface area contributed by atoms with Crippen molar-refractivity contribution in [2.24, 2.45) is 5.73 Å². The highest BCUT2D eigenvalue weighted by atomic mass is 16.6. The molecule has 2 unspecified atom stereocenters. The highest BCUT2D eigenvalue weighted by Crippen LogP contribution is 2.33. The van der Waals surface area contributed by atoms with Gasteiger partial charge in [-0.15, -0.1) is 6.42 Å². The van der Waals surface area contributed by atoms with Gasteiger partial charge in [0, 0.05) is 32.2 Å². The summed E-state index contributed by atoms with van der Waals surface area (Å²) in [6, 6.07) is 20.3. The van der Waals surface area contributed by atoms with Gasteiger partial charge >= 0.3 is 6.09 Å². The van der Waals surface area contributed by atoms with E-state index in [1.165, 1.54) is 5.56 Å². The molecule has 0 aromatic heterocycles. The Kier molecular flexibility index (Phi) is 6.48. The quantitative estimate of drug-likeness (QED) is 0.830. The number of amides is 1. The SMILES string of the molecule is C#CCOC(=O)N1CCN(C(c2ccccc2)C(N)c2ccccc2)CC1. The Morgan fingerprint density at radius 3 is 2.11 bits per heavy atom. The summed E-state index contributed by atoms with van der Waals surface area (Å²) >= 11 is 0. The van der Waals surface area contributed by atoms with Crippen molar-refractivity contribution < 1.29 is 9.53 Å². The minimum Gasteiger partial charge on any atom is -0.436 e. The van der Waals surface area contributed by atoms with Gasteiger partial charge in [-0.1, -0.05) is 66.6 Å². The van der Waals surface area contributed by atoms with Gasteiger partial charge in [-0.05, 0) is 11.1 Å². The van der Waals surface area contributed by atoms with Crippen molar-refractivity contribution in [3.63, 3.8) is 0 Å². The minimum absolute atomic E-state index is 0.00453. The lowest BCUT2D eigenvalue weighted by molar-refractivity contribution is 0.0636. The maximum absolute atomic E-state index is 12.0. The van der Waals surface area contributed by atoms with E-state index in [-0.39, 0.29) is 24.8 Å². The molecule has 5 nitrogen and oxygen atoms in total. The van der Waals surface area contributed by atoms with Crippen LogP contribution in [0.25, 0.3) is 0 Å². The minimum atomic E-state index is -0.351. The molecular weight excluding hydrogens is 338 g/mol. The van der Waals surface area contributed by atoms with Gasteiger partial charge in [0.2, 0.25) is 0 Å². The summed E-state index contributed by atoms with van der Waals surface area (Å²) in [5, 5.41) is 0. The summed E-state index contributed by atoms with van der Waals surface area (Å²) in [5.74, 6) is 2.32. The Bertz CT molecular complexity index is 765. The Balaban J connectivity index is 1.75. The monoisotopic (exact) mass is 363 g/mol. The largest absolute Gasteiger partial charge is 0.436 e. The summed E-state index contributed by atoms with van der Waals surface area (Å²) < 4.78 is 5.04. The van der Waals surface area contributed by atoms with E-state index in [1.54, 1.807) is 4.90 Å². The number of nitrogens with zero attached hydrogens (tertiary/aromatic N) is 2. The molecule has 0 bridgehead atoms. The summed E-state index contributed by atoms with van der Waals surface area (Å²) in [6.45, 7) is 2.64. The lowest BCUT2D eigenvalue weighted by Crippen LogP contribution is -2.51. The van der Waals surface area contributed by atoms with Crippen molar-refractivity contribution in [1.82, 2.24) is 9.80 Å².